The first-order valence-electron chi connectivity index (χ1n) is 14.0. The largest absolute Gasteiger partial charge is 0.462 e. The molecule has 4 N–H and O–H groups in total. The summed E-state index contributed by atoms with van der Waals surface area (Å²) in [5, 5.41) is 39.0. The van der Waals surface area contributed by atoms with Gasteiger partial charge in [-0.15, -0.1) is 0 Å². The van der Waals surface area contributed by atoms with E-state index in [-0.39, 0.29) is 5.97 Å². The van der Waals surface area contributed by atoms with Crippen LogP contribution in [0.15, 0.2) is 48.6 Å². The topological polar surface area (TPSA) is 126 Å². The minimum absolute atomic E-state index is 0.293. The fourth-order valence-corrected chi connectivity index (χ4v) is 4.15. The summed E-state index contributed by atoms with van der Waals surface area (Å²) in [5.41, 5.74) is 0. The number of benzene rings is 1. The highest BCUT2D eigenvalue weighted by molar-refractivity contribution is 5.72. The Bertz CT molecular complexity index is 820. The molecule has 8 nitrogen and oxygen atoms in total. The minimum atomic E-state index is -1.51. The van der Waals surface area contributed by atoms with Gasteiger partial charge in [0.15, 0.2) is 0 Å². The molecule has 1 aliphatic heterocycles. The van der Waals surface area contributed by atoms with Crippen molar-refractivity contribution in [1.29, 1.82) is 0 Å². The van der Waals surface area contributed by atoms with Crippen molar-refractivity contribution in [2.45, 2.75) is 115 Å². The summed E-state index contributed by atoms with van der Waals surface area (Å²) in [5.74, 6) is 0.389. The van der Waals surface area contributed by atoms with Crippen LogP contribution in [0.3, 0.4) is 0 Å². The lowest BCUT2D eigenvalue weighted by Crippen LogP contribution is -2.60. The van der Waals surface area contributed by atoms with Gasteiger partial charge in [-0.1, -0.05) is 63.3 Å². The molecule has 214 valence electrons. The highest BCUT2D eigenvalue weighted by Gasteiger charge is 2.44. The Kier molecular flexibility index (Phi) is 15.9. The number of hydrogen-bond donors (Lipinski definition) is 4. The Labute approximate surface area is 226 Å². The zero-order valence-corrected chi connectivity index (χ0v) is 22.6. The third kappa shape index (κ3) is 12.1. The van der Waals surface area contributed by atoms with Crippen molar-refractivity contribution in [3.8, 4) is 11.5 Å². The molecular weight excluding hydrogens is 488 g/mol. The van der Waals surface area contributed by atoms with Crippen LogP contribution in [-0.2, 0) is 9.53 Å². The summed E-state index contributed by atoms with van der Waals surface area (Å²) >= 11 is 0. The molecule has 2 rings (SSSR count). The van der Waals surface area contributed by atoms with Gasteiger partial charge in [-0.25, -0.2) is 0 Å². The molecule has 38 heavy (non-hydrogen) atoms. The van der Waals surface area contributed by atoms with Crippen LogP contribution in [0.4, 0.5) is 0 Å². The van der Waals surface area contributed by atoms with E-state index in [2.05, 4.69) is 31.2 Å². The van der Waals surface area contributed by atoms with Crippen molar-refractivity contribution in [3.05, 3.63) is 48.6 Å². The number of esters is 1. The third-order valence-corrected chi connectivity index (χ3v) is 6.49. The summed E-state index contributed by atoms with van der Waals surface area (Å²) in [7, 11) is 0. The van der Waals surface area contributed by atoms with Crippen LogP contribution in [-0.4, -0.2) is 63.7 Å². The van der Waals surface area contributed by atoms with Crippen molar-refractivity contribution in [1.82, 2.24) is 0 Å². The van der Waals surface area contributed by atoms with Gasteiger partial charge in [0.2, 0.25) is 6.29 Å². The van der Waals surface area contributed by atoms with Gasteiger partial charge >= 0.3 is 5.97 Å². The average Bonchev–Trinajstić information content (AvgIpc) is 2.92. The van der Waals surface area contributed by atoms with Crippen LogP contribution in [0.25, 0.3) is 0 Å². The molecule has 0 unspecified atom stereocenters. The van der Waals surface area contributed by atoms with Gasteiger partial charge in [0.25, 0.3) is 0 Å². The molecule has 0 spiro atoms. The van der Waals surface area contributed by atoms with Crippen molar-refractivity contribution in [3.63, 3.8) is 0 Å². The fraction of sp³-hybridized carbons (Fsp3) is 0.633. The van der Waals surface area contributed by atoms with Crippen LogP contribution >= 0.6 is 0 Å². The first-order valence-corrected chi connectivity index (χ1v) is 14.0. The molecule has 5 atom stereocenters. The Morgan fingerprint density at radius 3 is 2.08 bits per heavy atom. The highest BCUT2D eigenvalue weighted by Crippen LogP contribution is 2.26. The number of rotatable bonds is 18. The molecule has 0 bridgehead atoms. The molecule has 0 saturated carbocycles. The van der Waals surface area contributed by atoms with Crippen molar-refractivity contribution < 1.29 is 39.4 Å². The molecule has 0 aliphatic carbocycles. The maximum atomic E-state index is 12.1. The zero-order chi connectivity index (χ0) is 27.6. The van der Waals surface area contributed by atoms with E-state index in [9.17, 15) is 25.2 Å². The van der Waals surface area contributed by atoms with Gasteiger partial charge in [0, 0.05) is 6.42 Å². The Morgan fingerprint density at radius 1 is 0.816 bits per heavy atom. The summed E-state index contributed by atoms with van der Waals surface area (Å²) in [6, 6.07) is 6.21. The zero-order valence-electron chi connectivity index (χ0n) is 22.6. The highest BCUT2D eigenvalue weighted by atomic mass is 16.7. The summed E-state index contributed by atoms with van der Waals surface area (Å²) in [6.07, 6.45) is 15.0. The summed E-state index contributed by atoms with van der Waals surface area (Å²) < 4.78 is 16.2. The number of unbranched alkanes of at least 4 members (excludes halogenated alkanes) is 8. The van der Waals surface area contributed by atoms with Crippen LogP contribution < -0.4 is 9.47 Å². The van der Waals surface area contributed by atoms with Crippen molar-refractivity contribution in [2.24, 2.45) is 0 Å². The van der Waals surface area contributed by atoms with Crippen LogP contribution in [0.2, 0.25) is 0 Å². The van der Waals surface area contributed by atoms with E-state index in [1.807, 2.05) is 0 Å². The molecule has 0 radical (unpaired) electrons. The number of aliphatic hydroxyl groups excluding tert-OH is 4. The van der Waals surface area contributed by atoms with Gasteiger partial charge in [0.05, 0.1) is 6.61 Å². The average molecular weight is 535 g/mol. The van der Waals surface area contributed by atoms with Crippen molar-refractivity contribution >= 4 is 5.97 Å². The number of allylic oxidation sites excluding steroid dienone is 4. The number of aliphatic hydroxyl groups is 4. The molecule has 1 fully saturated rings. The Balaban J connectivity index is 1.54. The molecule has 0 amide bonds. The molecule has 8 heteroatoms. The second-order valence-electron chi connectivity index (χ2n) is 9.74. The van der Waals surface area contributed by atoms with Gasteiger partial charge in [-0.05, 0) is 62.8 Å². The van der Waals surface area contributed by atoms with E-state index < -0.39 is 37.3 Å². The normalized spacial score (nSPS) is 23.8. The molecule has 0 aromatic heterocycles. The van der Waals surface area contributed by atoms with Crippen LogP contribution in [0.1, 0.15) is 84.0 Å². The van der Waals surface area contributed by atoms with Crippen molar-refractivity contribution in [2.75, 3.05) is 6.61 Å². The summed E-state index contributed by atoms with van der Waals surface area (Å²) in [6.45, 7) is 1.69. The van der Waals surface area contributed by atoms with Gasteiger partial charge in [-0.2, -0.15) is 0 Å². The quantitative estimate of drug-likeness (QED) is 0.0933. The maximum absolute atomic E-state index is 12.1. The number of hydrogen-bond acceptors (Lipinski definition) is 8. The standard InChI is InChI=1S/C30H46O8/c1-2-3-4-5-6-7-8-9-10-11-12-13-14-15-16-17-26(32)36-23-18-20-24(21-19-23)37-30-29(35)28(34)27(33)25(22-31)38-30/h6-7,9-10,18-21,25,27-31,33-35H,2-5,8,11-17,22H2,1H3/t25-,27-,28+,29-,30-/m1/s1. The van der Waals surface area contributed by atoms with E-state index in [1.165, 1.54) is 32.1 Å². The number of ether oxygens (including phenoxy) is 3. The molecule has 1 aliphatic rings. The molecule has 1 aromatic rings. The number of carbonyl (C=O) groups is 1. The minimum Gasteiger partial charge on any atom is -0.462 e. The van der Waals surface area contributed by atoms with Gasteiger partial charge < -0.3 is 34.6 Å². The second kappa shape index (κ2) is 18.9. The molecular formula is C30H46O8. The van der Waals surface area contributed by atoms with E-state index in [0.717, 1.165) is 38.5 Å². The Morgan fingerprint density at radius 2 is 1.42 bits per heavy atom. The molecule has 1 aromatic carbocycles. The first kappa shape index (κ1) is 32.0. The Hall–Kier alpha value is -2.23. The van der Waals surface area contributed by atoms with Gasteiger partial charge in [0.1, 0.15) is 35.9 Å². The SMILES string of the molecule is CCCCCC=CCC=CCCCCCCCC(=O)Oc1ccc(O[C@@H]2O[C@H](CO)[C@@H](O)[C@H](O)[C@H]2O)cc1. The predicted octanol–water partition coefficient (Wildman–Crippen LogP) is 4.58. The third-order valence-electron chi connectivity index (χ3n) is 6.49. The molecule has 1 heterocycles. The maximum Gasteiger partial charge on any atom is 0.311 e. The first-order chi connectivity index (χ1) is 18.5. The fourth-order valence-electron chi connectivity index (χ4n) is 4.15. The monoisotopic (exact) mass is 534 g/mol. The lowest BCUT2D eigenvalue weighted by atomic mass is 9.99. The van der Waals surface area contributed by atoms with E-state index in [4.69, 9.17) is 14.2 Å². The lowest BCUT2D eigenvalue weighted by Gasteiger charge is -2.39. The van der Waals surface area contributed by atoms with E-state index >= 15 is 0 Å². The van der Waals surface area contributed by atoms with E-state index in [1.54, 1.807) is 24.3 Å². The summed E-state index contributed by atoms with van der Waals surface area (Å²) in [4.78, 5) is 12.1. The van der Waals surface area contributed by atoms with Crippen LogP contribution in [0, 0.1) is 0 Å². The van der Waals surface area contributed by atoms with Crippen LogP contribution in [0.5, 0.6) is 11.5 Å². The predicted molar refractivity (Wildman–Crippen MR) is 146 cm³/mol. The smallest absolute Gasteiger partial charge is 0.311 e. The van der Waals surface area contributed by atoms with Gasteiger partial charge in [-0.3, -0.25) is 4.79 Å². The lowest BCUT2D eigenvalue weighted by molar-refractivity contribution is -0.277. The second-order valence-corrected chi connectivity index (χ2v) is 9.74. The number of carbonyl (C=O) groups excluding carboxylic acids is 1. The molecule has 1 saturated heterocycles. The van der Waals surface area contributed by atoms with E-state index in [0.29, 0.717) is 17.9 Å².